The van der Waals surface area contributed by atoms with Gasteiger partial charge in [0, 0.05) is 55.0 Å². The van der Waals surface area contributed by atoms with Gasteiger partial charge in [-0.15, -0.1) is 0 Å². The van der Waals surface area contributed by atoms with E-state index in [1.807, 2.05) is 24.8 Å². The Balaban J connectivity index is 1.61. The van der Waals surface area contributed by atoms with Crippen LogP contribution in [0.3, 0.4) is 0 Å². The molecule has 0 unspecified atom stereocenters. The van der Waals surface area contributed by atoms with Gasteiger partial charge in [-0.25, -0.2) is 9.59 Å². The maximum Gasteiger partial charge on any atom is 0.338 e. The van der Waals surface area contributed by atoms with Crippen LogP contribution in [-0.4, -0.2) is 85.1 Å². The highest BCUT2D eigenvalue weighted by Gasteiger charge is 2.40. The molecule has 2 aromatic rings. The topological polar surface area (TPSA) is 91.4 Å². The van der Waals surface area contributed by atoms with Crippen molar-refractivity contribution in [3.8, 4) is 5.75 Å². The van der Waals surface area contributed by atoms with E-state index in [0.717, 1.165) is 0 Å². The van der Waals surface area contributed by atoms with Gasteiger partial charge in [-0.05, 0) is 56.7 Å². The van der Waals surface area contributed by atoms with E-state index in [4.69, 9.17) is 21.1 Å². The Bertz CT molecular complexity index is 1250. The monoisotopic (exact) mass is 554 g/mol. The number of amides is 3. The molecule has 2 aliphatic heterocycles. The number of ether oxygens (including phenoxy) is 2. The number of halogens is 1. The van der Waals surface area contributed by atoms with Crippen molar-refractivity contribution in [2.24, 2.45) is 0 Å². The molecule has 2 heterocycles. The number of urea groups is 1. The van der Waals surface area contributed by atoms with Crippen LogP contribution in [0.1, 0.15) is 42.7 Å². The molecule has 0 saturated carbocycles. The number of hydrogen-bond donors (Lipinski definition) is 1. The second-order valence-electron chi connectivity index (χ2n) is 9.54. The zero-order chi connectivity index (χ0) is 28.1. The van der Waals surface area contributed by atoms with Gasteiger partial charge >= 0.3 is 12.0 Å². The number of carbonyl (C=O) groups is 3. The molecular formula is C29H35ClN4O5. The minimum atomic E-state index is -0.738. The summed E-state index contributed by atoms with van der Waals surface area (Å²) in [6.07, 6.45) is 0. The number of rotatable bonds is 8. The summed E-state index contributed by atoms with van der Waals surface area (Å²) in [6.45, 7) is 8.24. The minimum absolute atomic E-state index is 0.0396. The van der Waals surface area contributed by atoms with Crippen LogP contribution < -0.4 is 10.1 Å². The van der Waals surface area contributed by atoms with Gasteiger partial charge in [-0.1, -0.05) is 29.8 Å². The minimum Gasteiger partial charge on any atom is -0.497 e. The third kappa shape index (κ3) is 6.04. The van der Waals surface area contributed by atoms with Crippen molar-refractivity contribution in [3.05, 3.63) is 76.0 Å². The van der Waals surface area contributed by atoms with Crippen molar-refractivity contribution in [2.75, 3.05) is 46.4 Å². The van der Waals surface area contributed by atoms with Crippen LogP contribution in [0.5, 0.6) is 5.75 Å². The molecule has 39 heavy (non-hydrogen) atoms. The predicted octanol–water partition coefficient (Wildman–Crippen LogP) is 4.10. The average molecular weight is 555 g/mol. The Labute approximate surface area is 234 Å². The highest BCUT2D eigenvalue weighted by Crippen LogP contribution is 2.35. The van der Waals surface area contributed by atoms with E-state index in [2.05, 4.69) is 10.2 Å². The molecule has 2 aromatic carbocycles. The van der Waals surface area contributed by atoms with Crippen LogP contribution >= 0.6 is 11.6 Å². The lowest BCUT2D eigenvalue weighted by Gasteiger charge is -2.43. The van der Waals surface area contributed by atoms with E-state index in [1.54, 1.807) is 61.4 Å². The highest BCUT2D eigenvalue weighted by molar-refractivity contribution is 6.31. The molecule has 4 rings (SSSR count). The van der Waals surface area contributed by atoms with E-state index in [9.17, 15) is 14.4 Å². The van der Waals surface area contributed by atoms with Gasteiger partial charge in [0.1, 0.15) is 5.75 Å². The first-order chi connectivity index (χ1) is 18.8. The molecule has 0 radical (unpaired) electrons. The van der Waals surface area contributed by atoms with Crippen molar-refractivity contribution in [2.45, 2.75) is 32.9 Å². The standard InChI is InChI=1S/C29H35ClN4O5/c1-5-33-24(25(28(36)39-6-2)26(31-29(33)37)22-9-7-8-10-23(22)30)18-32-15-16-34(19(3)17-32)27(35)20-11-13-21(38-4)14-12-20/h7-14,19,26H,5-6,15-18H2,1-4H3,(H,31,37)/t19-,26-/m0/s1. The first-order valence-corrected chi connectivity index (χ1v) is 13.6. The first-order valence-electron chi connectivity index (χ1n) is 13.2. The number of hydrogen-bond acceptors (Lipinski definition) is 6. The molecule has 2 atom stereocenters. The van der Waals surface area contributed by atoms with Gasteiger partial charge in [-0.2, -0.15) is 0 Å². The Morgan fingerprint density at radius 3 is 2.41 bits per heavy atom. The van der Waals surface area contributed by atoms with Gasteiger partial charge in [-0.3, -0.25) is 14.6 Å². The molecule has 0 bridgehead atoms. The van der Waals surface area contributed by atoms with E-state index in [1.165, 1.54) is 0 Å². The van der Waals surface area contributed by atoms with Crippen molar-refractivity contribution in [1.82, 2.24) is 20.0 Å². The molecule has 0 aliphatic carbocycles. The average Bonchev–Trinajstić information content (AvgIpc) is 2.93. The largest absolute Gasteiger partial charge is 0.497 e. The molecule has 1 saturated heterocycles. The number of likely N-dealkylation sites (N-methyl/N-ethyl adjacent to an activating group) is 1. The molecule has 10 heteroatoms. The van der Waals surface area contributed by atoms with Gasteiger partial charge in [0.2, 0.25) is 0 Å². The second-order valence-corrected chi connectivity index (χ2v) is 9.95. The van der Waals surface area contributed by atoms with E-state index >= 15 is 0 Å². The molecule has 2 aliphatic rings. The van der Waals surface area contributed by atoms with Crippen LogP contribution in [0.4, 0.5) is 4.79 Å². The van der Waals surface area contributed by atoms with Crippen LogP contribution in [0.25, 0.3) is 0 Å². The molecule has 3 amide bonds. The molecule has 1 fully saturated rings. The Kier molecular flexibility index (Phi) is 9.14. The lowest BCUT2D eigenvalue weighted by atomic mass is 9.94. The summed E-state index contributed by atoms with van der Waals surface area (Å²) in [5.74, 6) is 0.168. The fraction of sp³-hybridized carbons (Fsp3) is 0.414. The Morgan fingerprint density at radius 1 is 1.08 bits per heavy atom. The predicted molar refractivity (Wildman–Crippen MR) is 149 cm³/mol. The van der Waals surface area contributed by atoms with Crippen molar-refractivity contribution in [1.29, 1.82) is 0 Å². The number of piperazine rings is 1. The van der Waals surface area contributed by atoms with Crippen LogP contribution in [0, 0.1) is 0 Å². The number of nitrogens with one attached hydrogen (secondary N) is 1. The van der Waals surface area contributed by atoms with E-state index in [-0.39, 0.29) is 24.6 Å². The van der Waals surface area contributed by atoms with Gasteiger partial charge < -0.3 is 19.7 Å². The number of benzene rings is 2. The molecule has 0 spiro atoms. The number of esters is 1. The Morgan fingerprint density at radius 2 is 1.79 bits per heavy atom. The van der Waals surface area contributed by atoms with E-state index < -0.39 is 12.0 Å². The Hall–Kier alpha value is -3.56. The fourth-order valence-corrected chi connectivity index (χ4v) is 5.43. The summed E-state index contributed by atoms with van der Waals surface area (Å²) in [6, 6.07) is 13.1. The summed E-state index contributed by atoms with van der Waals surface area (Å²) >= 11 is 6.50. The molecule has 9 nitrogen and oxygen atoms in total. The summed E-state index contributed by atoms with van der Waals surface area (Å²) in [5.41, 5.74) is 2.20. The molecule has 0 aromatic heterocycles. The molecule has 1 N–H and O–H groups in total. The van der Waals surface area contributed by atoms with Gasteiger partial charge in [0.25, 0.3) is 5.91 Å². The maximum atomic E-state index is 13.3. The molecule has 208 valence electrons. The zero-order valence-corrected chi connectivity index (χ0v) is 23.5. The van der Waals surface area contributed by atoms with Crippen LogP contribution in [0.2, 0.25) is 5.02 Å². The number of carbonyl (C=O) groups excluding carboxylic acids is 3. The zero-order valence-electron chi connectivity index (χ0n) is 22.8. The second kappa shape index (κ2) is 12.5. The summed E-state index contributed by atoms with van der Waals surface area (Å²) in [7, 11) is 1.59. The summed E-state index contributed by atoms with van der Waals surface area (Å²) in [5, 5.41) is 3.40. The van der Waals surface area contributed by atoms with Gasteiger partial charge in [0.05, 0.1) is 25.3 Å². The normalized spacial score (nSPS) is 20.1. The number of nitrogens with zero attached hydrogens (tertiary/aromatic N) is 3. The SMILES string of the molecule is CCOC(=O)C1=C(CN2CCN(C(=O)c3ccc(OC)cc3)[C@@H](C)C2)N(CC)C(=O)N[C@H]1c1ccccc1Cl. The lowest BCUT2D eigenvalue weighted by Crippen LogP contribution is -2.56. The van der Waals surface area contributed by atoms with Gasteiger partial charge in [0.15, 0.2) is 0 Å². The van der Waals surface area contributed by atoms with Crippen molar-refractivity contribution < 1.29 is 23.9 Å². The lowest BCUT2D eigenvalue weighted by molar-refractivity contribution is -0.139. The third-order valence-corrected chi connectivity index (χ3v) is 7.49. The fourth-order valence-electron chi connectivity index (χ4n) is 5.19. The first kappa shape index (κ1) is 28.4. The highest BCUT2D eigenvalue weighted by atomic mass is 35.5. The maximum absolute atomic E-state index is 13.3. The smallest absolute Gasteiger partial charge is 0.338 e. The third-order valence-electron chi connectivity index (χ3n) is 7.15. The number of methoxy groups -OCH3 is 1. The molecular weight excluding hydrogens is 520 g/mol. The van der Waals surface area contributed by atoms with Crippen molar-refractivity contribution >= 4 is 29.5 Å². The quantitative estimate of drug-likeness (QED) is 0.494. The van der Waals surface area contributed by atoms with Crippen LogP contribution in [0.15, 0.2) is 59.8 Å². The van der Waals surface area contributed by atoms with Crippen LogP contribution in [-0.2, 0) is 9.53 Å². The van der Waals surface area contributed by atoms with Crippen molar-refractivity contribution in [3.63, 3.8) is 0 Å². The van der Waals surface area contributed by atoms with E-state index in [0.29, 0.717) is 65.9 Å². The summed E-state index contributed by atoms with van der Waals surface area (Å²) in [4.78, 5) is 45.4. The summed E-state index contributed by atoms with van der Waals surface area (Å²) < 4.78 is 10.7.